The van der Waals surface area contributed by atoms with Crippen molar-refractivity contribution >= 4 is 29.9 Å². The average molecular weight is 407 g/mol. The van der Waals surface area contributed by atoms with E-state index in [1.165, 1.54) is 25.7 Å². The van der Waals surface area contributed by atoms with Crippen molar-refractivity contribution in [3.05, 3.63) is 11.6 Å². The molecular weight excluding hydrogens is 377 g/mol. The van der Waals surface area contributed by atoms with Crippen LogP contribution in [0.3, 0.4) is 0 Å². The Balaban J connectivity index is 0.00000220. The van der Waals surface area contributed by atoms with Crippen LogP contribution in [0.4, 0.5) is 0 Å². The van der Waals surface area contributed by atoms with Gasteiger partial charge in [0.25, 0.3) is 0 Å². The number of hydrogen-bond donors (Lipinski definition) is 1. The number of nitrogens with one attached hydrogen (secondary N) is 1. The zero-order valence-corrected chi connectivity index (χ0v) is 15.8. The fourth-order valence-electron chi connectivity index (χ4n) is 2.94. The number of ether oxygens (including phenoxy) is 1. The number of aliphatic imine (C=N–C) groups is 1. The third kappa shape index (κ3) is 6.55. The molecule has 1 saturated heterocycles. The van der Waals surface area contributed by atoms with Crippen molar-refractivity contribution in [2.75, 3.05) is 39.9 Å². The number of hydrogen-bond acceptors (Lipinski definition) is 2. The summed E-state index contributed by atoms with van der Waals surface area (Å²) >= 11 is 0. The Labute approximate surface area is 146 Å². The van der Waals surface area contributed by atoms with Crippen LogP contribution in [0.25, 0.3) is 0 Å². The molecule has 0 amide bonds. The second-order valence-corrected chi connectivity index (χ2v) is 5.85. The summed E-state index contributed by atoms with van der Waals surface area (Å²) in [5, 5.41) is 3.40. The first-order valence-electron chi connectivity index (χ1n) is 8.04. The van der Waals surface area contributed by atoms with Gasteiger partial charge in [-0.1, -0.05) is 11.6 Å². The molecule has 1 N–H and O–H groups in total. The van der Waals surface area contributed by atoms with E-state index in [0.29, 0.717) is 5.92 Å². The van der Waals surface area contributed by atoms with Crippen LogP contribution in [0.1, 0.15) is 39.0 Å². The van der Waals surface area contributed by atoms with E-state index in [1.54, 1.807) is 5.57 Å². The van der Waals surface area contributed by atoms with Gasteiger partial charge in [-0.05, 0) is 39.0 Å². The van der Waals surface area contributed by atoms with Crippen LogP contribution in [0.5, 0.6) is 0 Å². The summed E-state index contributed by atoms with van der Waals surface area (Å²) in [4.78, 5) is 7.02. The first kappa shape index (κ1) is 18.7. The number of guanidine groups is 1. The zero-order chi connectivity index (χ0) is 14.2. The van der Waals surface area contributed by atoms with Crippen molar-refractivity contribution in [1.29, 1.82) is 0 Å². The van der Waals surface area contributed by atoms with Gasteiger partial charge in [0.2, 0.25) is 0 Å². The fourth-order valence-corrected chi connectivity index (χ4v) is 2.94. The Morgan fingerprint density at radius 3 is 3.00 bits per heavy atom. The Kier molecular flexibility index (Phi) is 9.31. The van der Waals surface area contributed by atoms with Gasteiger partial charge < -0.3 is 15.0 Å². The third-order valence-corrected chi connectivity index (χ3v) is 4.08. The van der Waals surface area contributed by atoms with Gasteiger partial charge in [0.15, 0.2) is 5.96 Å². The predicted octanol–water partition coefficient (Wildman–Crippen LogP) is 3.04. The fraction of sp³-hybridized carbons (Fsp3) is 0.812. The van der Waals surface area contributed by atoms with Gasteiger partial charge in [-0.2, -0.15) is 0 Å². The summed E-state index contributed by atoms with van der Waals surface area (Å²) in [6.45, 7) is 6.81. The van der Waals surface area contributed by atoms with Gasteiger partial charge in [0.05, 0.1) is 6.61 Å². The molecule has 0 bridgehead atoms. The summed E-state index contributed by atoms with van der Waals surface area (Å²) in [6, 6.07) is 0. The van der Waals surface area contributed by atoms with Gasteiger partial charge in [-0.3, -0.25) is 4.99 Å². The normalized spacial score (nSPS) is 21.9. The smallest absolute Gasteiger partial charge is 0.193 e. The lowest BCUT2D eigenvalue weighted by Crippen LogP contribution is -2.41. The van der Waals surface area contributed by atoms with Crippen LogP contribution in [0, 0.1) is 5.92 Å². The minimum absolute atomic E-state index is 0. The molecular formula is C16H30IN3O. The van der Waals surface area contributed by atoms with Crippen molar-refractivity contribution in [3.8, 4) is 0 Å². The van der Waals surface area contributed by atoms with Crippen molar-refractivity contribution < 1.29 is 4.74 Å². The zero-order valence-electron chi connectivity index (χ0n) is 13.4. The van der Waals surface area contributed by atoms with Crippen LogP contribution in [-0.4, -0.2) is 50.8 Å². The largest absolute Gasteiger partial charge is 0.381 e. The second kappa shape index (κ2) is 10.4. The summed E-state index contributed by atoms with van der Waals surface area (Å²) < 4.78 is 5.45. The highest BCUT2D eigenvalue weighted by atomic mass is 127. The summed E-state index contributed by atoms with van der Waals surface area (Å²) in [5.41, 5.74) is 1.59. The molecule has 4 nitrogen and oxygen atoms in total. The van der Waals surface area contributed by atoms with E-state index in [9.17, 15) is 0 Å². The van der Waals surface area contributed by atoms with Crippen LogP contribution in [0.2, 0.25) is 0 Å². The molecule has 1 aliphatic carbocycles. The molecule has 0 spiro atoms. The maximum absolute atomic E-state index is 5.45. The number of allylic oxidation sites excluding steroid dienone is 1. The van der Waals surface area contributed by atoms with E-state index < -0.39 is 0 Å². The molecule has 0 aromatic heterocycles. The molecule has 1 unspecified atom stereocenters. The molecule has 2 rings (SSSR count). The SMILES string of the molecule is CCNC(=NCCC1=CCCC1)N(C)CC1CCOC1.I. The van der Waals surface area contributed by atoms with Gasteiger partial charge >= 0.3 is 0 Å². The predicted molar refractivity (Wildman–Crippen MR) is 99.5 cm³/mol. The maximum Gasteiger partial charge on any atom is 0.193 e. The average Bonchev–Trinajstić information content (AvgIpc) is 3.10. The molecule has 1 atom stereocenters. The van der Waals surface area contributed by atoms with Gasteiger partial charge in [-0.25, -0.2) is 0 Å². The molecule has 1 fully saturated rings. The Hall–Kier alpha value is -0.300. The van der Waals surface area contributed by atoms with Gasteiger partial charge in [0, 0.05) is 39.2 Å². The van der Waals surface area contributed by atoms with Crippen molar-refractivity contribution in [2.24, 2.45) is 10.9 Å². The van der Waals surface area contributed by atoms with E-state index in [0.717, 1.165) is 45.2 Å². The van der Waals surface area contributed by atoms with E-state index in [1.807, 2.05) is 0 Å². The standard InChI is InChI=1S/C16H29N3O.HI/c1-3-17-16(18-10-8-14-6-4-5-7-14)19(2)12-15-9-11-20-13-15;/h6,15H,3-5,7-13H2,1-2H3,(H,17,18);1H. The first-order valence-corrected chi connectivity index (χ1v) is 8.04. The van der Waals surface area contributed by atoms with E-state index >= 15 is 0 Å². The Morgan fingerprint density at radius 2 is 2.38 bits per heavy atom. The van der Waals surface area contributed by atoms with Crippen LogP contribution >= 0.6 is 24.0 Å². The molecule has 0 saturated carbocycles. The van der Waals surface area contributed by atoms with Crippen molar-refractivity contribution in [1.82, 2.24) is 10.2 Å². The molecule has 0 aromatic rings. The lowest BCUT2D eigenvalue weighted by molar-refractivity contribution is 0.181. The molecule has 5 heteroatoms. The molecule has 0 aromatic carbocycles. The number of nitrogens with zero attached hydrogens (tertiary/aromatic N) is 2. The lowest BCUT2D eigenvalue weighted by atomic mass is 10.1. The monoisotopic (exact) mass is 407 g/mol. The molecule has 122 valence electrons. The minimum Gasteiger partial charge on any atom is -0.381 e. The quantitative estimate of drug-likeness (QED) is 0.318. The highest BCUT2D eigenvalue weighted by molar-refractivity contribution is 14.0. The van der Waals surface area contributed by atoms with Crippen molar-refractivity contribution in [3.63, 3.8) is 0 Å². The highest BCUT2D eigenvalue weighted by Crippen LogP contribution is 2.20. The summed E-state index contributed by atoms with van der Waals surface area (Å²) in [7, 11) is 2.13. The Morgan fingerprint density at radius 1 is 1.52 bits per heavy atom. The molecule has 1 aliphatic heterocycles. The Bertz CT molecular complexity index is 351. The maximum atomic E-state index is 5.45. The van der Waals surface area contributed by atoms with E-state index in [-0.39, 0.29) is 24.0 Å². The second-order valence-electron chi connectivity index (χ2n) is 5.85. The third-order valence-electron chi connectivity index (χ3n) is 4.08. The van der Waals surface area contributed by atoms with Crippen LogP contribution in [-0.2, 0) is 4.74 Å². The van der Waals surface area contributed by atoms with Crippen LogP contribution in [0.15, 0.2) is 16.6 Å². The summed E-state index contributed by atoms with van der Waals surface area (Å²) in [5.74, 6) is 1.69. The molecule has 1 heterocycles. The van der Waals surface area contributed by atoms with Gasteiger partial charge in [-0.15, -0.1) is 24.0 Å². The molecule has 21 heavy (non-hydrogen) atoms. The van der Waals surface area contributed by atoms with E-state index in [4.69, 9.17) is 9.73 Å². The highest BCUT2D eigenvalue weighted by Gasteiger charge is 2.19. The minimum atomic E-state index is 0. The number of rotatable bonds is 6. The van der Waals surface area contributed by atoms with Crippen molar-refractivity contribution in [2.45, 2.75) is 39.0 Å². The summed E-state index contributed by atoms with van der Waals surface area (Å²) in [6.07, 6.45) is 8.57. The van der Waals surface area contributed by atoms with E-state index in [2.05, 4.69) is 30.3 Å². The lowest BCUT2D eigenvalue weighted by Gasteiger charge is -2.24. The molecule has 2 aliphatic rings. The van der Waals surface area contributed by atoms with Gasteiger partial charge in [0.1, 0.15) is 0 Å². The first-order chi connectivity index (χ1) is 9.79. The number of halogens is 1. The topological polar surface area (TPSA) is 36.9 Å². The van der Waals surface area contributed by atoms with Crippen LogP contribution < -0.4 is 5.32 Å². The molecule has 0 radical (unpaired) electrons.